The van der Waals surface area contributed by atoms with Crippen LogP contribution in [-0.2, 0) is 10.2 Å². The average molecular weight is 284 g/mol. The van der Waals surface area contributed by atoms with Crippen molar-refractivity contribution < 1.29 is 9.90 Å². The lowest BCUT2D eigenvalue weighted by Gasteiger charge is -2.16. The summed E-state index contributed by atoms with van der Waals surface area (Å²) < 4.78 is 0. The molecule has 4 nitrogen and oxygen atoms in total. The summed E-state index contributed by atoms with van der Waals surface area (Å²) >= 11 is 1.47. The molecular weight excluding hydrogens is 260 g/mol. The first-order chi connectivity index (χ1) is 8.73. The Balaban J connectivity index is 2.63. The van der Waals surface area contributed by atoms with Gasteiger partial charge in [0.15, 0.2) is 5.13 Å². The lowest BCUT2D eigenvalue weighted by molar-refractivity contribution is -0.142. The lowest BCUT2D eigenvalue weighted by Crippen LogP contribution is -2.29. The Hall–Kier alpha value is -1.10. The van der Waals surface area contributed by atoms with E-state index < -0.39 is 11.4 Å². The number of anilines is 1. The van der Waals surface area contributed by atoms with Crippen LogP contribution in [0.25, 0.3) is 0 Å². The number of carboxylic acids is 1. The molecule has 1 aromatic rings. The molecule has 108 valence electrons. The fourth-order valence-corrected chi connectivity index (χ4v) is 2.59. The molecule has 0 aliphatic heterocycles. The summed E-state index contributed by atoms with van der Waals surface area (Å²) in [6.07, 6.45) is 2.27. The molecule has 0 radical (unpaired) electrons. The van der Waals surface area contributed by atoms with Crippen molar-refractivity contribution >= 4 is 22.4 Å². The molecule has 0 aliphatic rings. The van der Waals surface area contributed by atoms with Crippen molar-refractivity contribution in [2.24, 2.45) is 5.92 Å². The van der Waals surface area contributed by atoms with E-state index in [1.54, 1.807) is 13.8 Å². The Bertz CT molecular complexity index is 427. The number of carbonyl (C=O) groups is 1. The maximum atomic E-state index is 11.2. The van der Waals surface area contributed by atoms with Gasteiger partial charge < -0.3 is 10.4 Å². The summed E-state index contributed by atoms with van der Waals surface area (Å²) in [6.45, 7) is 9.91. The van der Waals surface area contributed by atoms with Gasteiger partial charge in [0.25, 0.3) is 0 Å². The molecule has 0 amide bonds. The van der Waals surface area contributed by atoms with Crippen molar-refractivity contribution in [1.82, 2.24) is 4.98 Å². The molecule has 0 spiro atoms. The third-order valence-electron chi connectivity index (χ3n) is 3.23. The fraction of sp³-hybridized carbons (Fsp3) is 0.714. The van der Waals surface area contributed by atoms with Crippen LogP contribution in [0.3, 0.4) is 0 Å². The standard InChI is InChI=1S/C14H24N2O2S/c1-9(2)6-7-10(3)15-13-16-11(8-19-13)14(4,5)12(17)18/h8-10H,6-7H2,1-5H3,(H,15,16)(H,17,18). The zero-order valence-electron chi connectivity index (χ0n) is 12.4. The van der Waals surface area contributed by atoms with Gasteiger partial charge in [-0.15, -0.1) is 11.3 Å². The Kier molecular flexibility index (Phi) is 5.35. The van der Waals surface area contributed by atoms with Gasteiger partial charge in [-0.3, -0.25) is 4.79 Å². The summed E-state index contributed by atoms with van der Waals surface area (Å²) in [4.78, 5) is 15.6. The van der Waals surface area contributed by atoms with Gasteiger partial charge in [0.1, 0.15) is 5.41 Å². The van der Waals surface area contributed by atoms with Crippen LogP contribution in [-0.4, -0.2) is 22.1 Å². The van der Waals surface area contributed by atoms with Crippen molar-refractivity contribution in [3.8, 4) is 0 Å². The quantitative estimate of drug-likeness (QED) is 0.800. The highest BCUT2D eigenvalue weighted by molar-refractivity contribution is 7.13. The van der Waals surface area contributed by atoms with Gasteiger partial charge in [0.2, 0.25) is 0 Å². The number of rotatable bonds is 7. The molecular formula is C14H24N2O2S. The van der Waals surface area contributed by atoms with Crippen LogP contribution in [0, 0.1) is 5.92 Å². The van der Waals surface area contributed by atoms with Crippen LogP contribution in [0.1, 0.15) is 53.2 Å². The van der Waals surface area contributed by atoms with E-state index in [4.69, 9.17) is 0 Å². The van der Waals surface area contributed by atoms with Crippen molar-refractivity contribution in [2.75, 3.05) is 5.32 Å². The van der Waals surface area contributed by atoms with Crippen LogP contribution < -0.4 is 5.32 Å². The number of hydrogen-bond acceptors (Lipinski definition) is 4. The molecule has 0 bridgehead atoms. The maximum Gasteiger partial charge on any atom is 0.315 e. The van der Waals surface area contributed by atoms with Crippen LogP contribution in [0.4, 0.5) is 5.13 Å². The first-order valence-corrected chi connectivity index (χ1v) is 7.57. The average Bonchev–Trinajstić information content (AvgIpc) is 2.75. The van der Waals surface area contributed by atoms with E-state index in [-0.39, 0.29) is 0 Å². The minimum Gasteiger partial charge on any atom is -0.481 e. The monoisotopic (exact) mass is 284 g/mol. The third-order valence-corrected chi connectivity index (χ3v) is 4.00. The van der Waals surface area contributed by atoms with E-state index in [1.807, 2.05) is 5.38 Å². The molecule has 0 saturated carbocycles. The molecule has 1 heterocycles. The summed E-state index contributed by atoms with van der Waals surface area (Å²) in [5.41, 5.74) is -0.319. The van der Waals surface area contributed by atoms with E-state index in [0.29, 0.717) is 17.7 Å². The Labute approximate surface area is 119 Å². The minimum absolute atomic E-state index is 0.356. The van der Waals surface area contributed by atoms with E-state index in [0.717, 1.165) is 11.6 Å². The van der Waals surface area contributed by atoms with E-state index in [1.165, 1.54) is 17.8 Å². The highest BCUT2D eigenvalue weighted by atomic mass is 32.1. The third kappa shape index (κ3) is 4.49. The molecule has 1 rings (SSSR count). The number of aliphatic carboxylic acids is 1. The zero-order valence-corrected chi connectivity index (χ0v) is 13.2. The molecule has 0 aliphatic carbocycles. The van der Waals surface area contributed by atoms with Gasteiger partial charge in [-0.25, -0.2) is 4.98 Å². The normalized spacial score (nSPS) is 13.6. The zero-order chi connectivity index (χ0) is 14.6. The number of carboxylic acid groups (broad SMARTS) is 1. The second kappa shape index (κ2) is 6.37. The number of hydrogen-bond donors (Lipinski definition) is 2. The van der Waals surface area contributed by atoms with Crippen molar-refractivity contribution in [3.63, 3.8) is 0 Å². The SMILES string of the molecule is CC(C)CCC(C)Nc1nc(C(C)(C)C(=O)O)cs1. The summed E-state index contributed by atoms with van der Waals surface area (Å²) in [5, 5.41) is 15.1. The molecule has 0 fully saturated rings. The molecule has 2 N–H and O–H groups in total. The maximum absolute atomic E-state index is 11.2. The predicted octanol–water partition coefficient (Wildman–Crippen LogP) is 3.74. The molecule has 5 heteroatoms. The molecule has 0 aromatic carbocycles. The number of thiazole rings is 1. The highest BCUT2D eigenvalue weighted by Crippen LogP contribution is 2.28. The predicted molar refractivity (Wildman–Crippen MR) is 79.9 cm³/mol. The van der Waals surface area contributed by atoms with Crippen LogP contribution in [0.2, 0.25) is 0 Å². The van der Waals surface area contributed by atoms with Crippen LogP contribution in [0.15, 0.2) is 5.38 Å². The smallest absolute Gasteiger partial charge is 0.315 e. The summed E-state index contributed by atoms with van der Waals surface area (Å²) in [5.74, 6) is -0.153. The largest absolute Gasteiger partial charge is 0.481 e. The van der Waals surface area contributed by atoms with Gasteiger partial charge >= 0.3 is 5.97 Å². The fourth-order valence-electron chi connectivity index (χ4n) is 1.60. The molecule has 1 atom stereocenters. The van der Waals surface area contributed by atoms with Crippen molar-refractivity contribution in [3.05, 3.63) is 11.1 Å². The Morgan fingerprint density at radius 2 is 2.05 bits per heavy atom. The summed E-state index contributed by atoms with van der Waals surface area (Å²) in [6, 6.07) is 0.356. The topological polar surface area (TPSA) is 62.2 Å². The second-order valence-electron chi connectivity index (χ2n) is 5.98. The van der Waals surface area contributed by atoms with Gasteiger partial charge in [0.05, 0.1) is 5.69 Å². The molecule has 1 aromatic heterocycles. The number of nitrogens with one attached hydrogen (secondary N) is 1. The molecule has 19 heavy (non-hydrogen) atoms. The molecule has 1 unspecified atom stereocenters. The first kappa shape index (κ1) is 16.0. The Morgan fingerprint density at radius 3 is 2.58 bits per heavy atom. The van der Waals surface area contributed by atoms with E-state index in [9.17, 15) is 9.90 Å². The summed E-state index contributed by atoms with van der Waals surface area (Å²) in [7, 11) is 0. The van der Waals surface area contributed by atoms with Gasteiger partial charge in [-0.05, 0) is 39.5 Å². The highest BCUT2D eigenvalue weighted by Gasteiger charge is 2.32. The van der Waals surface area contributed by atoms with Crippen molar-refractivity contribution in [1.29, 1.82) is 0 Å². The van der Waals surface area contributed by atoms with Gasteiger partial charge in [0, 0.05) is 11.4 Å². The van der Waals surface area contributed by atoms with Crippen LogP contribution in [0.5, 0.6) is 0 Å². The van der Waals surface area contributed by atoms with E-state index >= 15 is 0 Å². The Morgan fingerprint density at radius 1 is 1.42 bits per heavy atom. The lowest BCUT2D eigenvalue weighted by atomic mass is 9.90. The van der Waals surface area contributed by atoms with Gasteiger partial charge in [-0.2, -0.15) is 0 Å². The first-order valence-electron chi connectivity index (χ1n) is 6.69. The molecule has 0 saturated heterocycles. The second-order valence-corrected chi connectivity index (χ2v) is 6.84. The van der Waals surface area contributed by atoms with Crippen LogP contribution >= 0.6 is 11.3 Å². The van der Waals surface area contributed by atoms with Crippen molar-refractivity contribution in [2.45, 2.75) is 58.9 Å². The number of nitrogens with zero attached hydrogens (tertiary/aromatic N) is 1. The van der Waals surface area contributed by atoms with E-state index in [2.05, 4.69) is 31.1 Å². The van der Waals surface area contributed by atoms with Gasteiger partial charge in [-0.1, -0.05) is 13.8 Å². The number of aromatic nitrogens is 1. The minimum atomic E-state index is -0.933.